The summed E-state index contributed by atoms with van der Waals surface area (Å²) in [5, 5.41) is 3.66. The molecule has 0 aromatic heterocycles. The smallest absolute Gasteiger partial charge is 0.0419 e. The van der Waals surface area contributed by atoms with Crippen LogP contribution in [0.15, 0.2) is 54.6 Å². The van der Waals surface area contributed by atoms with Crippen molar-refractivity contribution in [3.8, 4) is 11.1 Å². The van der Waals surface area contributed by atoms with Gasteiger partial charge in [0.1, 0.15) is 0 Å². The van der Waals surface area contributed by atoms with Gasteiger partial charge in [-0.25, -0.2) is 0 Å². The third-order valence-corrected chi connectivity index (χ3v) is 4.60. The minimum Gasteiger partial charge on any atom is -0.385 e. The largest absolute Gasteiger partial charge is 0.385 e. The molecule has 0 spiro atoms. The molecule has 1 fully saturated rings. The van der Waals surface area contributed by atoms with E-state index in [4.69, 9.17) is 0 Å². The lowest BCUT2D eigenvalue weighted by atomic mass is 9.87. The van der Waals surface area contributed by atoms with Crippen molar-refractivity contribution in [1.29, 1.82) is 0 Å². The Morgan fingerprint density at radius 1 is 0.810 bits per heavy atom. The summed E-state index contributed by atoms with van der Waals surface area (Å²) in [4.78, 5) is 0. The van der Waals surface area contributed by atoms with Crippen molar-refractivity contribution >= 4 is 5.69 Å². The van der Waals surface area contributed by atoms with Crippen molar-refractivity contribution < 1.29 is 0 Å². The van der Waals surface area contributed by atoms with Crippen molar-refractivity contribution in [1.82, 2.24) is 0 Å². The fourth-order valence-electron chi connectivity index (χ4n) is 3.39. The summed E-state index contributed by atoms with van der Waals surface area (Å²) in [7, 11) is 0. The van der Waals surface area contributed by atoms with Gasteiger partial charge in [-0.1, -0.05) is 80.6 Å². The molecule has 2 aromatic carbocycles. The summed E-state index contributed by atoms with van der Waals surface area (Å²) < 4.78 is 0. The molecule has 1 N–H and O–H groups in total. The standard InChI is InChI=1S/C20H25N/c1-3-9-17(10-4-1)15-16-21-20-14-8-7-13-19(20)18-11-5-2-6-12-18/h2,5-8,11-14,17,21H,1,3-4,9-10,15-16H2. The zero-order chi connectivity index (χ0) is 14.3. The molecule has 1 aliphatic carbocycles. The summed E-state index contributed by atoms with van der Waals surface area (Å²) in [6.07, 6.45) is 8.49. The Morgan fingerprint density at radius 3 is 2.33 bits per heavy atom. The van der Waals surface area contributed by atoms with Crippen molar-refractivity contribution in [2.24, 2.45) is 5.92 Å². The molecule has 0 radical (unpaired) electrons. The van der Waals surface area contributed by atoms with E-state index < -0.39 is 0 Å². The summed E-state index contributed by atoms with van der Waals surface area (Å²) in [6.45, 7) is 1.09. The SMILES string of the molecule is c1ccc(-c2ccccc2NCCC2CCCCC2)cc1. The molecule has 3 rings (SSSR count). The molecule has 0 amide bonds. The van der Waals surface area contributed by atoms with E-state index in [0.717, 1.165) is 12.5 Å². The fraction of sp³-hybridized carbons (Fsp3) is 0.400. The minimum absolute atomic E-state index is 0.940. The van der Waals surface area contributed by atoms with Crippen LogP contribution in [0.25, 0.3) is 11.1 Å². The zero-order valence-corrected chi connectivity index (χ0v) is 12.7. The first-order valence-corrected chi connectivity index (χ1v) is 8.32. The van der Waals surface area contributed by atoms with Gasteiger partial charge in [-0.3, -0.25) is 0 Å². The van der Waals surface area contributed by atoms with Gasteiger partial charge >= 0.3 is 0 Å². The number of anilines is 1. The maximum Gasteiger partial charge on any atom is 0.0419 e. The van der Waals surface area contributed by atoms with Gasteiger partial charge in [0.15, 0.2) is 0 Å². The Kier molecular flexibility index (Phi) is 4.94. The van der Waals surface area contributed by atoms with E-state index in [2.05, 4.69) is 59.9 Å². The summed E-state index contributed by atoms with van der Waals surface area (Å²) in [5.74, 6) is 0.940. The van der Waals surface area contributed by atoms with Gasteiger partial charge in [-0.15, -0.1) is 0 Å². The van der Waals surface area contributed by atoms with E-state index in [1.807, 2.05) is 0 Å². The van der Waals surface area contributed by atoms with Gasteiger partial charge in [-0.2, -0.15) is 0 Å². The third-order valence-electron chi connectivity index (χ3n) is 4.60. The molecule has 0 heterocycles. The number of benzene rings is 2. The Labute approximate surface area is 128 Å². The number of rotatable bonds is 5. The molecule has 1 saturated carbocycles. The van der Waals surface area contributed by atoms with Crippen LogP contribution in [0, 0.1) is 5.92 Å². The predicted octanol–water partition coefficient (Wildman–Crippen LogP) is 5.74. The Bertz CT molecular complexity index is 541. The van der Waals surface area contributed by atoms with Gasteiger partial charge in [0.05, 0.1) is 0 Å². The molecule has 0 atom stereocenters. The molecule has 110 valence electrons. The number of nitrogens with one attached hydrogen (secondary N) is 1. The Balaban J connectivity index is 1.63. The quantitative estimate of drug-likeness (QED) is 0.736. The molecule has 0 aliphatic heterocycles. The van der Waals surface area contributed by atoms with Crippen LogP contribution in [-0.2, 0) is 0 Å². The van der Waals surface area contributed by atoms with Crippen LogP contribution in [0.5, 0.6) is 0 Å². The first-order valence-electron chi connectivity index (χ1n) is 8.32. The fourth-order valence-corrected chi connectivity index (χ4v) is 3.39. The highest BCUT2D eigenvalue weighted by Crippen LogP contribution is 2.29. The van der Waals surface area contributed by atoms with Crippen LogP contribution in [0.1, 0.15) is 38.5 Å². The van der Waals surface area contributed by atoms with Gasteiger partial charge < -0.3 is 5.32 Å². The Morgan fingerprint density at radius 2 is 1.52 bits per heavy atom. The van der Waals surface area contributed by atoms with Crippen LogP contribution < -0.4 is 5.32 Å². The average molecular weight is 279 g/mol. The van der Waals surface area contributed by atoms with Crippen LogP contribution in [-0.4, -0.2) is 6.54 Å². The molecule has 1 heteroatoms. The molecule has 1 nitrogen and oxygen atoms in total. The van der Waals surface area contributed by atoms with Gasteiger partial charge in [0.2, 0.25) is 0 Å². The highest BCUT2D eigenvalue weighted by molar-refractivity contribution is 5.77. The van der Waals surface area contributed by atoms with Gasteiger partial charge in [0, 0.05) is 17.8 Å². The zero-order valence-electron chi connectivity index (χ0n) is 12.7. The molecular weight excluding hydrogens is 254 g/mol. The van der Waals surface area contributed by atoms with E-state index in [0.29, 0.717) is 0 Å². The van der Waals surface area contributed by atoms with E-state index in [1.165, 1.54) is 55.3 Å². The lowest BCUT2D eigenvalue weighted by Gasteiger charge is -2.22. The van der Waals surface area contributed by atoms with E-state index in [-0.39, 0.29) is 0 Å². The minimum atomic E-state index is 0.940. The summed E-state index contributed by atoms with van der Waals surface area (Å²) >= 11 is 0. The Hall–Kier alpha value is -1.76. The average Bonchev–Trinajstić information content (AvgIpc) is 2.57. The maximum absolute atomic E-state index is 3.66. The second kappa shape index (κ2) is 7.31. The molecule has 21 heavy (non-hydrogen) atoms. The molecule has 0 saturated heterocycles. The van der Waals surface area contributed by atoms with Crippen molar-refractivity contribution in [3.05, 3.63) is 54.6 Å². The predicted molar refractivity (Wildman–Crippen MR) is 91.6 cm³/mol. The van der Waals surface area contributed by atoms with Gasteiger partial charge in [0.25, 0.3) is 0 Å². The van der Waals surface area contributed by atoms with Crippen LogP contribution in [0.3, 0.4) is 0 Å². The molecular formula is C20H25N. The number of hydrogen-bond acceptors (Lipinski definition) is 1. The normalized spacial score (nSPS) is 15.8. The van der Waals surface area contributed by atoms with Gasteiger partial charge in [-0.05, 0) is 24.0 Å². The summed E-state index contributed by atoms with van der Waals surface area (Å²) in [6, 6.07) is 19.3. The molecule has 0 bridgehead atoms. The van der Waals surface area contributed by atoms with Crippen molar-refractivity contribution in [3.63, 3.8) is 0 Å². The topological polar surface area (TPSA) is 12.0 Å². The second-order valence-electron chi connectivity index (χ2n) is 6.13. The number of hydrogen-bond donors (Lipinski definition) is 1. The van der Waals surface area contributed by atoms with Crippen LogP contribution in [0.2, 0.25) is 0 Å². The number of para-hydroxylation sites is 1. The van der Waals surface area contributed by atoms with E-state index in [9.17, 15) is 0 Å². The van der Waals surface area contributed by atoms with Crippen LogP contribution >= 0.6 is 0 Å². The monoisotopic (exact) mass is 279 g/mol. The maximum atomic E-state index is 3.66. The highest BCUT2D eigenvalue weighted by Gasteiger charge is 2.13. The lowest BCUT2D eigenvalue weighted by Crippen LogP contribution is -2.12. The molecule has 2 aromatic rings. The third kappa shape index (κ3) is 3.87. The van der Waals surface area contributed by atoms with Crippen molar-refractivity contribution in [2.75, 3.05) is 11.9 Å². The van der Waals surface area contributed by atoms with E-state index >= 15 is 0 Å². The first kappa shape index (κ1) is 14.2. The first-order chi connectivity index (χ1) is 10.4. The molecule has 0 unspecified atom stereocenters. The van der Waals surface area contributed by atoms with Crippen molar-refractivity contribution in [2.45, 2.75) is 38.5 Å². The lowest BCUT2D eigenvalue weighted by molar-refractivity contribution is 0.345. The second-order valence-corrected chi connectivity index (χ2v) is 6.13. The highest BCUT2D eigenvalue weighted by atomic mass is 14.9. The van der Waals surface area contributed by atoms with Crippen LogP contribution in [0.4, 0.5) is 5.69 Å². The molecule has 1 aliphatic rings. The summed E-state index contributed by atoms with van der Waals surface area (Å²) in [5.41, 5.74) is 3.86. The van der Waals surface area contributed by atoms with E-state index in [1.54, 1.807) is 0 Å².